The van der Waals surface area contributed by atoms with E-state index in [4.69, 9.17) is 4.74 Å². The van der Waals surface area contributed by atoms with Crippen LogP contribution in [0.4, 0.5) is 8.78 Å². The molecule has 4 N–H and O–H groups in total. The van der Waals surface area contributed by atoms with Crippen molar-refractivity contribution < 1.29 is 18.3 Å². The van der Waals surface area contributed by atoms with E-state index in [1.54, 1.807) is 17.3 Å². The number of dihydropyridines is 1. The molecule has 1 amide bonds. The number of hydrogen-bond donors (Lipinski definition) is 4. The van der Waals surface area contributed by atoms with Gasteiger partial charge in [-0.25, -0.2) is 14.2 Å². The molecule has 10 heteroatoms. The average molecular weight is 456 g/mol. The van der Waals surface area contributed by atoms with Crippen molar-refractivity contribution in [3.8, 4) is 0 Å². The van der Waals surface area contributed by atoms with Crippen LogP contribution in [0.25, 0.3) is 0 Å². The minimum atomic E-state index is -0.909. The first-order valence-corrected chi connectivity index (χ1v) is 11.0. The Bertz CT molecular complexity index is 1030. The third-order valence-corrected chi connectivity index (χ3v) is 6.00. The number of morpholine rings is 1. The van der Waals surface area contributed by atoms with Crippen LogP contribution in [-0.4, -0.2) is 60.9 Å². The van der Waals surface area contributed by atoms with Crippen LogP contribution in [-0.2, 0) is 9.53 Å². The van der Waals surface area contributed by atoms with E-state index in [2.05, 4.69) is 32.4 Å². The number of halogens is 2. The summed E-state index contributed by atoms with van der Waals surface area (Å²) in [4.78, 5) is 15.4. The number of hydrogen-bond acceptors (Lipinski definition) is 7. The van der Waals surface area contributed by atoms with Crippen LogP contribution < -0.4 is 21.4 Å². The first-order chi connectivity index (χ1) is 16.1. The predicted molar refractivity (Wildman–Crippen MR) is 118 cm³/mol. The molecular formula is C23H26F2N6O2. The number of nitrogens with zero attached hydrogens (tertiary/aromatic N) is 2. The normalized spacial score (nSPS) is 26.7. The van der Waals surface area contributed by atoms with Gasteiger partial charge in [0, 0.05) is 31.4 Å². The van der Waals surface area contributed by atoms with Crippen LogP contribution >= 0.6 is 0 Å². The zero-order valence-electron chi connectivity index (χ0n) is 17.9. The number of ether oxygens (including phenoxy) is 1. The first kappa shape index (κ1) is 21.6. The number of fused-ring (bicyclic) bond motifs is 1. The molecular weight excluding hydrogens is 430 g/mol. The van der Waals surface area contributed by atoms with Crippen LogP contribution in [0.1, 0.15) is 11.6 Å². The Balaban J connectivity index is 1.21. The molecule has 3 atom stereocenters. The molecule has 4 aliphatic heterocycles. The number of nitrogens with one attached hydrogen (secondary N) is 4. The van der Waals surface area contributed by atoms with Crippen LogP contribution in [0.5, 0.6) is 0 Å². The van der Waals surface area contributed by atoms with Gasteiger partial charge in [-0.2, -0.15) is 0 Å². The van der Waals surface area contributed by atoms with Gasteiger partial charge in [0.15, 0.2) is 11.6 Å². The minimum Gasteiger partial charge on any atom is -0.379 e. The monoisotopic (exact) mass is 456 g/mol. The minimum absolute atomic E-state index is 0.0724. The number of hydrazine groups is 1. The van der Waals surface area contributed by atoms with Gasteiger partial charge >= 0.3 is 0 Å². The molecule has 1 fully saturated rings. The van der Waals surface area contributed by atoms with Crippen LogP contribution in [0.2, 0.25) is 0 Å². The average Bonchev–Trinajstić information content (AvgIpc) is 3.25. The van der Waals surface area contributed by atoms with E-state index in [0.717, 1.165) is 38.9 Å². The van der Waals surface area contributed by atoms with Crippen molar-refractivity contribution in [3.05, 3.63) is 83.5 Å². The molecule has 1 aromatic carbocycles. The van der Waals surface area contributed by atoms with E-state index >= 15 is 0 Å². The number of rotatable bonds is 5. The second-order valence-corrected chi connectivity index (χ2v) is 8.23. The zero-order chi connectivity index (χ0) is 22.8. The molecule has 1 aromatic rings. The van der Waals surface area contributed by atoms with Crippen molar-refractivity contribution in [2.75, 3.05) is 32.8 Å². The van der Waals surface area contributed by atoms with Gasteiger partial charge in [0.05, 0.1) is 25.3 Å². The second-order valence-electron chi connectivity index (χ2n) is 8.23. The van der Waals surface area contributed by atoms with Crippen LogP contribution in [0, 0.1) is 11.6 Å². The molecule has 8 nitrogen and oxygen atoms in total. The standard InChI is InChI=1S/C23H26F2N6O2/c24-17-5-2-4-16(22(17)25)18-7-8-21-26-13-19(31(21)29-18)23(32)28-20-6-1-3-15(27-20)14-30-9-11-33-12-10-30/h1-8,13,15,18,21,26-27,29H,9-12,14H2,(H,28,32). The predicted octanol–water partition coefficient (Wildman–Crippen LogP) is 0.971. The summed E-state index contributed by atoms with van der Waals surface area (Å²) in [7, 11) is 0. The summed E-state index contributed by atoms with van der Waals surface area (Å²) in [6.07, 6.45) is 10.6. The molecule has 0 aliphatic carbocycles. The SMILES string of the molecule is O=C(NC1=CC=CC(CN2CCOCC2)N1)C1=CNC2C=CC(c3cccc(F)c3F)NN12. The van der Waals surface area contributed by atoms with Crippen molar-refractivity contribution in [1.29, 1.82) is 0 Å². The van der Waals surface area contributed by atoms with Gasteiger partial charge in [0.2, 0.25) is 0 Å². The van der Waals surface area contributed by atoms with Crippen molar-refractivity contribution in [2.45, 2.75) is 18.2 Å². The highest BCUT2D eigenvalue weighted by molar-refractivity contribution is 5.94. The molecule has 0 saturated carbocycles. The zero-order valence-corrected chi connectivity index (χ0v) is 17.9. The van der Waals surface area contributed by atoms with Crippen LogP contribution in [0.15, 0.2) is 66.3 Å². The fraction of sp³-hybridized carbons (Fsp3) is 0.348. The molecule has 174 valence electrons. The van der Waals surface area contributed by atoms with Crippen molar-refractivity contribution in [2.24, 2.45) is 0 Å². The summed E-state index contributed by atoms with van der Waals surface area (Å²) in [5, 5.41) is 11.0. The van der Waals surface area contributed by atoms with E-state index in [9.17, 15) is 13.6 Å². The van der Waals surface area contributed by atoms with Crippen molar-refractivity contribution >= 4 is 5.91 Å². The maximum atomic E-state index is 14.3. The van der Waals surface area contributed by atoms with Gasteiger partial charge in [-0.1, -0.05) is 30.4 Å². The first-order valence-electron chi connectivity index (χ1n) is 11.0. The number of carbonyl (C=O) groups is 1. The van der Waals surface area contributed by atoms with E-state index in [1.807, 2.05) is 18.2 Å². The number of amides is 1. The lowest BCUT2D eigenvalue weighted by molar-refractivity contribution is -0.119. The molecule has 0 radical (unpaired) electrons. The second kappa shape index (κ2) is 9.34. The van der Waals surface area contributed by atoms with Gasteiger partial charge in [0.1, 0.15) is 17.7 Å². The largest absolute Gasteiger partial charge is 0.379 e. The molecule has 0 bridgehead atoms. The van der Waals surface area contributed by atoms with Crippen molar-refractivity contribution in [1.82, 2.24) is 31.3 Å². The Kier molecular flexibility index (Phi) is 6.12. The summed E-state index contributed by atoms with van der Waals surface area (Å²) in [5.74, 6) is -1.54. The summed E-state index contributed by atoms with van der Waals surface area (Å²) >= 11 is 0. The smallest absolute Gasteiger partial charge is 0.276 e. The lowest BCUT2D eigenvalue weighted by atomic mass is 10.0. The van der Waals surface area contributed by atoms with Gasteiger partial charge in [-0.3, -0.25) is 14.7 Å². The molecule has 3 unspecified atom stereocenters. The lowest BCUT2D eigenvalue weighted by Gasteiger charge is -2.35. The summed E-state index contributed by atoms with van der Waals surface area (Å²) in [6.45, 7) is 4.06. The number of allylic oxidation sites excluding steroid dienone is 2. The Morgan fingerprint density at radius 1 is 1.18 bits per heavy atom. The van der Waals surface area contributed by atoms with E-state index in [0.29, 0.717) is 11.5 Å². The highest BCUT2D eigenvalue weighted by Crippen LogP contribution is 2.27. The molecule has 4 heterocycles. The Morgan fingerprint density at radius 3 is 2.88 bits per heavy atom. The Hall–Kier alpha value is -3.21. The fourth-order valence-electron chi connectivity index (χ4n) is 4.28. The maximum absolute atomic E-state index is 14.3. The molecule has 0 aromatic heterocycles. The van der Waals surface area contributed by atoms with E-state index in [-0.39, 0.29) is 23.7 Å². The van der Waals surface area contributed by atoms with Gasteiger partial charge < -0.3 is 20.7 Å². The Morgan fingerprint density at radius 2 is 2.03 bits per heavy atom. The lowest BCUT2D eigenvalue weighted by Crippen LogP contribution is -2.52. The summed E-state index contributed by atoms with van der Waals surface area (Å²) < 4.78 is 33.4. The Labute approximate surface area is 190 Å². The van der Waals surface area contributed by atoms with Gasteiger partial charge in [-0.15, -0.1) is 0 Å². The summed E-state index contributed by atoms with van der Waals surface area (Å²) in [6, 6.07) is 3.52. The molecule has 4 aliphatic rings. The van der Waals surface area contributed by atoms with Crippen molar-refractivity contribution in [3.63, 3.8) is 0 Å². The van der Waals surface area contributed by atoms with Crippen LogP contribution in [0.3, 0.4) is 0 Å². The number of carbonyl (C=O) groups excluding carboxylic acids is 1. The highest BCUT2D eigenvalue weighted by atomic mass is 19.2. The summed E-state index contributed by atoms with van der Waals surface area (Å²) in [5.41, 5.74) is 3.62. The topological polar surface area (TPSA) is 80.9 Å². The third-order valence-electron chi connectivity index (χ3n) is 6.00. The fourth-order valence-corrected chi connectivity index (χ4v) is 4.28. The van der Waals surface area contributed by atoms with E-state index < -0.39 is 17.7 Å². The van der Waals surface area contributed by atoms with E-state index in [1.165, 1.54) is 12.1 Å². The number of benzene rings is 1. The third kappa shape index (κ3) is 4.63. The maximum Gasteiger partial charge on any atom is 0.276 e. The molecule has 0 spiro atoms. The molecule has 1 saturated heterocycles. The molecule has 5 rings (SSSR count). The highest BCUT2D eigenvalue weighted by Gasteiger charge is 2.34. The van der Waals surface area contributed by atoms with Gasteiger partial charge in [0.25, 0.3) is 5.91 Å². The van der Waals surface area contributed by atoms with Gasteiger partial charge in [-0.05, 0) is 18.2 Å². The quantitative estimate of drug-likeness (QED) is 0.492. The molecule has 33 heavy (non-hydrogen) atoms.